The van der Waals surface area contributed by atoms with Crippen LogP contribution in [0, 0.1) is 0 Å². The summed E-state index contributed by atoms with van der Waals surface area (Å²) in [6, 6.07) is 0. The monoisotopic (exact) mass is 293 g/mol. The molecule has 1 unspecified atom stereocenters. The van der Waals surface area contributed by atoms with Crippen LogP contribution in [0.25, 0.3) is 5.65 Å². The van der Waals surface area contributed by atoms with Crippen molar-refractivity contribution in [3.63, 3.8) is 0 Å². The molecule has 0 aromatic carbocycles. The number of imidazole rings is 1. The van der Waals surface area contributed by atoms with E-state index >= 15 is 0 Å². The fourth-order valence-corrected chi connectivity index (χ4v) is 2.34. The van der Waals surface area contributed by atoms with Crippen LogP contribution >= 0.6 is 27.5 Å². The van der Waals surface area contributed by atoms with Gasteiger partial charge in [-0.1, -0.05) is 11.6 Å². The quantitative estimate of drug-likeness (QED) is 0.458. The van der Waals surface area contributed by atoms with Crippen molar-refractivity contribution >= 4 is 44.4 Å². The van der Waals surface area contributed by atoms with Crippen molar-refractivity contribution in [1.82, 2.24) is 14.4 Å². The van der Waals surface area contributed by atoms with E-state index in [4.69, 9.17) is 11.6 Å². The molecule has 7 heteroatoms. The molecule has 0 aliphatic heterocycles. The van der Waals surface area contributed by atoms with Crippen molar-refractivity contribution in [1.29, 1.82) is 0 Å². The highest BCUT2D eigenvalue weighted by molar-refractivity contribution is 9.10. The summed E-state index contributed by atoms with van der Waals surface area (Å²) in [6.07, 6.45) is 4.85. The summed E-state index contributed by atoms with van der Waals surface area (Å²) >= 11 is 7.92. The molecular formula is C7H5BrClN3OS. The van der Waals surface area contributed by atoms with E-state index in [1.165, 1.54) is 0 Å². The van der Waals surface area contributed by atoms with E-state index in [2.05, 4.69) is 25.9 Å². The molecule has 74 valence electrons. The number of nitrogens with zero attached hydrogens (tertiary/aromatic N) is 3. The molecule has 4 nitrogen and oxygen atoms in total. The Morgan fingerprint density at radius 3 is 3.00 bits per heavy atom. The van der Waals surface area contributed by atoms with Crippen LogP contribution in [0.15, 0.2) is 22.0 Å². The summed E-state index contributed by atoms with van der Waals surface area (Å²) in [5.41, 5.74) is 0.621. The van der Waals surface area contributed by atoms with E-state index in [9.17, 15) is 4.55 Å². The zero-order valence-corrected chi connectivity index (χ0v) is 10.2. The molecule has 0 amide bonds. The standard InChI is InChI=1S/C7H5BrClN3OS/c1-14(13)7-11-5(9)4(8)6-10-2-3-12(6)7/h2-3H,1H3. The van der Waals surface area contributed by atoms with Crippen LogP contribution < -0.4 is 0 Å². The van der Waals surface area contributed by atoms with Gasteiger partial charge in [0, 0.05) is 23.6 Å². The fraction of sp³-hybridized carbons (Fsp3) is 0.143. The fourth-order valence-electron chi connectivity index (χ4n) is 1.10. The molecule has 0 saturated heterocycles. The topological polar surface area (TPSA) is 53.2 Å². The molecule has 1 atom stereocenters. The molecular weight excluding hydrogens is 290 g/mol. The maximum atomic E-state index is 11.3. The highest BCUT2D eigenvalue weighted by Crippen LogP contribution is 2.26. The second-order valence-corrected chi connectivity index (χ2v) is 5.00. The predicted molar refractivity (Wildman–Crippen MR) is 58.0 cm³/mol. The first-order valence-corrected chi connectivity index (χ1v) is 6.35. The van der Waals surface area contributed by atoms with E-state index in [0.717, 1.165) is 0 Å². The zero-order valence-electron chi connectivity index (χ0n) is 7.07. The van der Waals surface area contributed by atoms with Gasteiger partial charge in [0.15, 0.2) is 10.8 Å². The molecule has 0 spiro atoms. The number of rotatable bonds is 1. The van der Waals surface area contributed by atoms with Crippen LogP contribution in [-0.4, -0.2) is 25.2 Å². The van der Waals surface area contributed by atoms with Crippen LogP contribution in [0.3, 0.4) is 0 Å². The van der Waals surface area contributed by atoms with Gasteiger partial charge in [-0.15, -0.1) is 0 Å². The number of aromatic nitrogens is 3. The third-order valence-corrected chi connectivity index (χ3v) is 3.71. The van der Waals surface area contributed by atoms with Gasteiger partial charge < -0.3 is 4.55 Å². The third-order valence-electron chi connectivity index (χ3n) is 1.68. The van der Waals surface area contributed by atoms with E-state index in [-0.39, 0.29) is 5.15 Å². The first-order valence-electron chi connectivity index (χ1n) is 3.62. The molecule has 2 rings (SSSR count). The van der Waals surface area contributed by atoms with Crippen LogP contribution in [0.5, 0.6) is 0 Å². The minimum atomic E-state index is -1.19. The lowest BCUT2D eigenvalue weighted by molar-refractivity contribution is 0.589. The Morgan fingerprint density at radius 2 is 2.36 bits per heavy atom. The van der Waals surface area contributed by atoms with Gasteiger partial charge in [0.05, 0.1) is 4.47 Å². The molecule has 0 aliphatic carbocycles. The van der Waals surface area contributed by atoms with Crippen molar-refractivity contribution in [3.8, 4) is 0 Å². The summed E-state index contributed by atoms with van der Waals surface area (Å²) < 4.78 is 13.6. The van der Waals surface area contributed by atoms with Crippen LogP contribution in [0.4, 0.5) is 0 Å². The van der Waals surface area contributed by atoms with Crippen molar-refractivity contribution < 1.29 is 4.55 Å². The normalized spacial score (nSPS) is 13.4. The van der Waals surface area contributed by atoms with Crippen molar-refractivity contribution in [3.05, 3.63) is 22.0 Å². The molecule has 0 aliphatic rings. The van der Waals surface area contributed by atoms with Gasteiger partial charge in [-0.2, -0.15) is 4.98 Å². The van der Waals surface area contributed by atoms with Gasteiger partial charge >= 0.3 is 5.16 Å². The third kappa shape index (κ3) is 1.52. The summed E-state index contributed by atoms with van der Waals surface area (Å²) in [5.74, 6) is 0. The number of fused-ring (bicyclic) bond motifs is 1. The first kappa shape index (κ1) is 10.2. The molecule has 14 heavy (non-hydrogen) atoms. The van der Waals surface area contributed by atoms with Crippen LogP contribution in [0.1, 0.15) is 0 Å². The lowest BCUT2D eigenvalue weighted by Crippen LogP contribution is -2.08. The second kappa shape index (κ2) is 3.69. The number of hydrogen-bond acceptors (Lipinski definition) is 3. The van der Waals surface area contributed by atoms with Gasteiger partial charge in [0.1, 0.15) is 6.26 Å². The minimum absolute atomic E-state index is 0.272. The van der Waals surface area contributed by atoms with Crippen molar-refractivity contribution in [2.45, 2.75) is 5.16 Å². The van der Waals surface area contributed by atoms with E-state index in [0.29, 0.717) is 15.3 Å². The maximum absolute atomic E-state index is 11.3. The van der Waals surface area contributed by atoms with Crippen LogP contribution in [-0.2, 0) is 11.2 Å². The van der Waals surface area contributed by atoms with Gasteiger partial charge in [-0.25, -0.2) is 9.38 Å². The van der Waals surface area contributed by atoms with Crippen molar-refractivity contribution in [2.75, 3.05) is 6.26 Å². The summed E-state index contributed by atoms with van der Waals surface area (Å²) in [5, 5.41) is 0.666. The number of hydrogen-bond donors (Lipinski definition) is 0. The molecule has 0 saturated carbocycles. The predicted octanol–water partition coefficient (Wildman–Crippen LogP) is 1.88. The zero-order chi connectivity index (χ0) is 10.3. The van der Waals surface area contributed by atoms with Crippen molar-refractivity contribution in [2.24, 2.45) is 0 Å². The molecule has 0 N–H and O–H groups in total. The van der Waals surface area contributed by atoms with Gasteiger partial charge in [-0.05, 0) is 15.9 Å². The Balaban J connectivity index is 2.84. The second-order valence-electron chi connectivity index (χ2n) is 2.57. The van der Waals surface area contributed by atoms with Crippen LogP contribution in [0.2, 0.25) is 5.15 Å². The lowest BCUT2D eigenvalue weighted by Gasteiger charge is -2.06. The van der Waals surface area contributed by atoms with E-state index in [1.807, 2.05) is 0 Å². The first-order chi connectivity index (χ1) is 6.61. The van der Waals surface area contributed by atoms with Gasteiger partial charge in [0.25, 0.3) is 0 Å². The Morgan fingerprint density at radius 1 is 1.64 bits per heavy atom. The lowest BCUT2D eigenvalue weighted by atomic mass is 10.6. The Kier molecular flexibility index (Phi) is 2.70. The molecule has 0 fully saturated rings. The largest absolute Gasteiger partial charge is 0.609 e. The summed E-state index contributed by atoms with van der Waals surface area (Å²) in [7, 11) is 0. The molecule has 2 aromatic heterocycles. The SMILES string of the molecule is C[S+]([O-])c1nc(Cl)c(Br)c2nccn12. The van der Waals surface area contributed by atoms with E-state index < -0.39 is 11.2 Å². The average molecular weight is 295 g/mol. The highest BCUT2D eigenvalue weighted by Gasteiger charge is 2.17. The maximum Gasteiger partial charge on any atom is 0.330 e. The number of halogens is 2. The summed E-state index contributed by atoms with van der Waals surface area (Å²) in [4.78, 5) is 8.09. The highest BCUT2D eigenvalue weighted by atomic mass is 79.9. The van der Waals surface area contributed by atoms with Gasteiger partial charge in [-0.3, -0.25) is 0 Å². The molecule has 2 heterocycles. The smallest absolute Gasteiger partial charge is 0.330 e. The molecule has 0 radical (unpaired) electrons. The Hall–Kier alpha value is -0.300. The Bertz CT molecular complexity index is 487. The van der Waals surface area contributed by atoms with Gasteiger partial charge in [0.2, 0.25) is 0 Å². The molecule has 2 aromatic rings. The van der Waals surface area contributed by atoms with E-state index in [1.54, 1.807) is 23.1 Å². The minimum Gasteiger partial charge on any atom is -0.609 e. The average Bonchev–Trinajstić information content (AvgIpc) is 2.59. The summed E-state index contributed by atoms with van der Waals surface area (Å²) in [6.45, 7) is 0. The molecule has 0 bridgehead atoms. The Labute approximate surface area is 96.6 Å².